The number of para-hydroxylation sites is 1. The Kier molecular flexibility index (Phi) is 2.18. The first kappa shape index (κ1) is 10.0. The third kappa shape index (κ3) is 1.43. The average Bonchev–Trinajstić information content (AvgIpc) is 2.65. The van der Waals surface area contributed by atoms with Crippen LogP contribution >= 0.6 is 0 Å². The van der Waals surface area contributed by atoms with Crippen molar-refractivity contribution in [2.24, 2.45) is 0 Å². The van der Waals surface area contributed by atoms with Gasteiger partial charge in [0.05, 0.1) is 5.52 Å². The number of fused-ring (bicyclic) bond motifs is 3. The Labute approximate surface area is 98.3 Å². The van der Waals surface area contributed by atoms with Crippen LogP contribution in [0.2, 0.25) is 0 Å². The number of nitrogen functional groups attached to an aromatic ring is 1. The minimum atomic E-state index is 0.220. The van der Waals surface area contributed by atoms with Crippen molar-refractivity contribution < 1.29 is 0 Å². The Morgan fingerprint density at radius 1 is 1.24 bits per heavy atom. The summed E-state index contributed by atoms with van der Waals surface area (Å²) in [6.45, 7) is 3.04. The molecule has 0 saturated heterocycles. The number of benzene rings is 1. The maximum absolute atomic E-state index is 5.61. The largest absolute Gasteiger partial charge is 0.366 e. The second kappa shape index (κ2) is 3.69. The molecule has 0 amide bonds. The van der Waals surface area contributed by atoms with Gasteiger partial charge in [-0.1, -0.05) is 25.1 Å². The van der Waals surface area contributed by atoms with E-state index in [-0.39, 0.29) is 5.95 Å². The summed E-state index contributed by atoms with van der Waals surface area (Å²) in [5, 5.41) is 9.07. The van der Waals surface area contributed by atoms with E-state index >= 15 is 0 Å². The topological polar surface area (TPSA) is 69.6 Å². The zero-order valence-electron chi connectivity index (χ0n) is 9.59. The van der Waals surface area contributed by atoms with Crippen LogP contribution in [0.5, 0.6) is 0 Å². The van der Waals surface area contributed by atoms with Gasteiger partial charge in [0.25, 0.3) is 0 Å². The van der Waals surface area contributed by atoms with Gasteiger partial charge in [-0.2, -0.15) is 4.98 Å². The molecule has 0 spiro atoms. The number of aromatic nitrogens is 4. The van der Waals surface area contributed by atoms with Crippen molar-refractivity contribution in [3.8, 4) is 0 Å². The van der Waals surface area contributed by atoms with Crippen LogP contribution in [0.25, 0.3) is 22.1 Å². The lowest BCUT2D eigenvalue weighted by Gasteiger charge is -2.03. The van der Waals surface area contributed by atoms with Crippen molar-refractivity contribution in [3.63, 3.8) is 0 Å². The lowest BCUT2D eigenvalue weighted by Crippen LogP contribution is -2.02. The first-order chi connectivity index (χ1) is 8.31. The molecule has 0 saturated carbocycles. The van der Waals surface area contributed by atoms with Crippen molar-refractivity contribution in [1.82, 2.24) is 19.7 Å². The normalized spacial score (nSPS) is 11.4. The zero-order valence-corrected chi connectivity index (χ0v) is 9.59. The molecule has 0 aliphatic rings. The van der Waals surface area contributed by atoms with E-state index in [9.17, 15) is 0 Å². The van der Waals surface area contributed by atoms with Gasteiger partial charge < -0.3 is 10.3 Å². The molecule has 1 aromatic carbocycles. The zero-order chi connectivity index (χ0) is 11.8. The summed E-state index contributed by atoms with van der Waals surface area (Å²) in [7, 11) is 0. The van der Waals surface area contributed by atoms with Crippen LogP contribution in [0.15, 0.2) is 24.3 Å². The minimum Gasteiger partial charge on any atom is -0.366 e. The van der Waals surface area contributed by atoms with Crippen LogP contribution in [0, 0.1) is 0 Å². The van der Waals surface area contributed by atoms with Gasteiger partial charge >= 0.3 is 0 Å². The van der Waals surface area contributed by atoms with Gasteiger partial charge in [0, 0.05) is 11.9 Å². The molecule has 0 atom stereocenters. The van der Waals surface area contributed by atoms with E-state index in [1.54, 1.807) is 0 Å². The second-order valence-electron chi connectivity index (χ2n) is 4.01. The number of anilines is 1. The van der Waals surface area contributed by atoms with Crippen LogP contribution in [0.4, 0.5) is 5.95 Å². The Morgan fingerprint density at radius 3 is 2.88 bits per heavy atom. The first-order valence-electron chi connectivity index (χ1n) is 5.68. The van der Waals surface area contributed by atoms with E-state index in [0.29, 0.717) is 0 Å². The predicted molar refractivity (Wildman–Crippen MR) is 67.5 cm³/mol. The average molecular weight is 227 g/mol. The van der Waals surface area contributed by atoms with Crippen molar-refractivity contribution >= 4 is 28.0 Å². The number of hydrogen-bond acceptors (Lipinski definition) is 4. The number of nitrogens with two attached hydrogens (primary N) is 1. The van der Waals surface area contributed by atoms with E-state index in [4.69, 9.17) is 5.73 Å². The van der Waals surface area contributed by atoms with Crippen LogP contribution in [-0.2, 0) is 6.54 Å². The van der Waals surface area contributed by atoms with Crippen molar-refractivity contribution in [3.05, 3.63) is 24.3 Å². The molecule has 86 valence electrons. The van der Waals surface area contributed by atoms with Gasteiger partial charge in [-0.25, -0.2) is 0 Å². The summed E-state index contributed by atoms with van der Waals surface area (Å²) in [6.07, 6.45) is 1.04. The monoisotopic (exact) mass is 227 g/mol. The molecule has 0 aliphatic heterocycles. The molecule has 17 heavy (non-hydrogen) atoms. The smallest absolute Gasteiger partial charge is 0.242 e. The molecule has 0 bridgehead atoms. The van der Waals surface area contributed by atoms with Crippen molar-refractivity contribution in [2.75, 3.05) is 5.73 Å². The molecule has 0 fully saturated rings. The maximum Gasteiger partial charge on any atom is 0.242 e. The third-order valence-corrected chi connectivity index (χ3v) is 2.84. The van der Waals surface area contributed by atoms with E-state index in [0.717, 1.165) is 35.0 Å². The molecule has 3 rings (SSSR count). The number of aryl methyl sites for hydroxylation is 1. The summed E-state index contributed by atoms with van der Waals surface area (Å²) in [5.41, 5.74) is 8.39. The molecule has 0 unspecified atom stereocenters. The highest BCUT2D eigenvalue weighted by atomic mass is 15.2. The third-order valence-electron chi connectivity index (χ3n) is 2.84. The van der Waals surface area contributed by atoms with Gasteiger partial charge in [-0.05, 0) is 12.5 Å². The van der Waals surface area contributed by atoms with Crippen molar-refractivity contribution in [2.45, 2.75) is 19.9 Å². The van der Waals surface area contributed by atoms with Gasteiger partial charge in [0.15, 0.2) is 5.65 Å². The molecule has 0 radical (unpaired) electrons. The first-order valence-corrected chi connectivity index (χ1v) is 5.68. The van der Waals surface area contributed by atoms with E-state index in [1.807, 2.05) is 18.2 Å². The summed E-state index contributed by atoms with van der Waals surface area (Å²) < 4.78 is 2.15. The molecule has 2 heterocycles. The Balaban J connectivity index is 2.48. The highest BCUT2D eigenvalue weighted by Gasteiger charge is 2.12. The molecule has 2 N–H and O–H groups in total. The highest BCUT2D eigenvalue weighted by molar-refractivity contribution is 6.04. The fraction of sp³-hybridized carbons (Fsp3) is 0.250. The summed E-state index contributed by atoms with van der Waals surface area (Å²) in [4.78, 5) is 4.30. The lowest BCUT2D eigenvalue weighted by molar-refractivity contribution is 0.716. The van der Waals surface area contributed by atoms with Gasteiger partial charge in [-0.15, -0.1) is 10.2 Å². The molecular formula is C12H13N5. The Hall–Kier alpha value is -2.17. The molecular weight excluding hydrogens is 214 g/mol. The number of nitrogens with zero attached hydrogens (tertiary/aromatic N) is 4. The van der Waals surface area contributed by atoms with Gasteiger partial charge in [0.2, 0.25) is 5.95 Å². The quantitative estimate of drug-likeness (QED) is 0.726. The Morgan fingerprint density at radius 2 is 2.06 bits per heavy atom. The SMILES string of the molecule is CCCn1c2ccccc2c2nnc(N)nc21. The van der Waals surface area contributed by atoms with E-state index < -0.39 is 0 Å². The lowest BCUT2D eigenvalue weighted by atomic mass is 10.2. The standard InChI is InChI=1S/C12H13N5/c1-2-7-17-9-6-4-3-5-8(9)10-11(17)14-12(13)16-15-10/h3-6H,2,7H2,1H3,(H2,13,14,16). The van der Waals surface area contributed by atoms with Gasteiger partial charge in [0.1, 0.15) is 5.52 Å². The maximum atomic E-state index is 5.61. The molecule has 5 heteroatoms. The van der Waals surface area contributed by atoms with Crippen LogP contribution in [0.1, 0.15) is 13.3 Å². The predicted octanol–water partition coefficient (Wildman–Crippen LogP) is 1.97. The molecule has 0 aliphatic carbocycles. The fourth-order valence-electron chi connectivity index (χ4n) is 2.17. The molecule has 2 aromatic heterocycles. The second-order valence-corrected chi connectivity index (χ2v) is 4.01. The molecule has 3 aromatic rings. The van der Waals surface area contributed by atoms with Crippen molar-refractivity contribution in [1.29, 1.82) is 0 Å². The Bertz CT molecular complexity index is 686. The van der Waals surface area contributed by atoms with Crippen LogP contribution < -0.4 is 5.73 Å². The number of rotatable bonds is 2. The fourth-order valence-corrected chi connectivity index (χ4v) is 2.17. The van der Waals surface area contributed by atoms with Gasteiger partial charge in [-0.3, -0.25) is 0 Å². The summed E-state index contributed by atoms with van der Waals surface area (Å²) in [5.74, 6) is 0.220. The number of hydrogen-bond donors (Lipinski definition) is 1. The highest BCUT2D eigenvalue weighted by Crippen LogP contribution is 2.25. The van der Waals surface area contributed by atoms with Crippen LogP contribution in [0.3, 0.4) is 0 Å². The van der Waals surface area contributed by atoms with E-state index in [1.165, 1.54) is 0 Å². The van der Waals surface area contributed by atoms with E-state index in [2.05, 4.69) is 32.7 Å². The van der Waals surface area contributed by atoms with Crippen LogP contribution in [-0.4, -0.2) is 19.7 Å². The minimum absolute atomic E-state index is 0.220. The summed E-state index contributed by atoms with van der Waals surface area (Å²) >= 11 is 0. The molecule has 5 nitrogen and oxygen atoms in total. The summed E-state index contributed by atoms with van der Waals surface area (Å²) in [6, 6.07) is 8.13.